The van der Waals surface area contributed by atoms with E-state index in [1.165, 1.54) is 11.3 Å². The lowest BCUT2D eigenvalue weighted by atomic mass is 10.2. The molecule has 1 aromatic heterocycles. The standard InChI is InChI=1S/C26H31N6OS/c1-20-5-7-23(8-6-20)31-25(16-21(2)27-31)28-9-11-30(12-10-28)32-14-3-4-24(32)17-22(18-32)26(33)29-13-15-34-19-29/h3-8,14,16-17H,9-13,15,18-19H2,1-2H3/q+1/t32-/m1/s1. The topological polar surface area (TPSA) is 44.6 Å². The van der Waals surface area contributed by atoms with E-state index in [0.717, 1.165) is 73.7 Å². The zero-order chi connectivity index (χ0) is 23.3. The molecule has 1 amide bonds. The monoisotopic (exact) mass is 475 g/mol. The number of hydrogen-bond donors (Lipinski definition) is 0. The summed E-state index contributed by atoms with van der Waals surface area (Å²) >= 11 is 1.84. The number of hydrogen-bond acceptors (Lipinski definition) is 5. The largest absolute Gasteiger partial charge is 0.353 e. The van der Waals surface area contributed by atoms with E-state index >= 15 is 0 Å². The van der Waals surface area contributed by atoms with Crippen LogP contribution in [0.2, 0.25) is 0 Å². The van der Waals surface area contributed by atoms with Crippen LogP contribution >= 0.6 is 11.8 Å². The van der Waals surface area contributed by atoms with Gasteiger partial charge in [-0.1, -0.05) is 17.7 Å². The summed E-state index contributed by atoms with van der Waals surface area (Å²) in [5, 5.41) is 7.30. The molecular weight excluding hydrogens is 444 g/mol. The fourth-order valence-corrected chi connectivity index (χ4v) is 6.37. The molecule has 0 bridgehead atoms. The summed E-state index contributed by atoms with van der Waals surface area (Å²) in [6.07, 6.45) is 8.69. The number of quaternary nitrogens is 1. The highest BCUT2D eigenvalue weighted by atomic mass is 32.2. The van der Waals surface area contributed by atoms with Crippen LogP contribution in [0.15, 0.2) is 66.0 Å². The number of carbonyl (C=O) groups is 1. The minimum atomic E-state index is 0.210. The van der Waals surface area contributed by atoms with Crippen LogP contribution in [0.5, 0.6) is 0 Å². The van der Waals surface area contributed by atoms with E-state index in [4.69, 9.17) is 5.10 Å². The molecule has 2 aromatic rings. The molecule has 4 aliphatic rings. The molecule has 1 aromatic carbocycles. The molecule has 0 saturated carbocycles. The van der Waals surface area contributed by atoms with Crippen LogP contribution in [0.3, 0.4) is 0 Å². The maximum Gasteiger partial charge on any atom is 0.256 e. The Balaban J connectivity index is 1.18. The number of anilines is 1. The van der Waals surface area contributed by atoms with Crippen molar-refractivity contribution in [2.24, 2.45) is 0 Å². The summed E-state index contributed by atoms with van der Waals surface area (Å²) in [7, 11) is 0. The Morgan fingerprint density at radius 1 is 1.06 bits per heavy atom. The molecule has 8 heteroatoms. The van der Waals surface area contributed by atoms with Crippen molar-refractivity contribution in [1.29, 1.82) is 0 Å². The number of piperazine rings is 1. The molecule has 0 radical (unpaired) electrons. The number of allylic oxidation sites excluding steroid dienone is 3. The Bertz CT molecular complexity index is 1200. The van der Waals surface area contributed by atoms with Gasteiger partial charge >= 0.3 is 0 Å². The van der Waals surface area contributed by atoms with Crippen LogP contribution in [0.4, 0.5) is 5.82 Å². The van der Waals surface area contributed by atoms with Gasteiger partial charge in [0.05, 0.1) is 35.9 Å². The van der Waals surface area contributed by atoms with Crippen LogP contribution in [-0.4, -0.2) is 81.1 Å². The van der Waals surface area contributed by atoms with Gasteiger partial charge in [-0.15, -0.1) is 16.8 Å². The van der Waals surface area contributed by atoms with Crippen LogP contribution in [0.25, 0.3) is 5.69 Å². The molecule has 34 heavy (non-hydrogen) atoms. The Morgan fingerprint density at radius 3 is 2.59 bits per heavy atom. The molecule has 0 unspecified atom stereocenters. The summed E-state index contributed by atoms with van der Waals surface area (Å²) in [5.74, 6) is 3.22. The number of carbonyl (C=O) groups excluding carboxylic acids is 1. The highest BCUT2D eigenvalue weighted by molar-refractivity contribution is 7.99. The van der Waals surface area contributed by atoms with E-state index in [-0.39, 0.29) is 5.91 Å². The molecule has 2 fully saturated rings. The molecule has 176 valence electrons. The highest BCUT2D eigenvalue weighted by Gasteiger charge is 2.48. The Labute approximate surface area is 205 Å². The predicted octanol–water partition coefficient (Wildman–Crippen LogP) is 3.23. The third kappa shape index (κ3) is 3.61. The lowest BCUT2D eigenvalue weighted by Crippen LogP contribution is -2.60. The van der Waals surface area contributed by atoms with Gasteiger partial charge in [0.1, 0.15) is 18.6 Å². The van der Waals surface area contributed by atoms with Gasteiger partial charge in [0.2, 0.25) is 0 Å². The average Bonchev–Trinajstić information content (AvgIpc) is 3.63. The van der Waals surface area contributed by atoms with Crippen molar-refractivity contribution in [2.75, 3.05) is 55.8 Å². The molecule has 2 saturated heterocycles. The fraction of sp³-hybridized carbons (Fsp3) is 0.385. The number of nitrogens with zero attached hydrogens (tertiary/aromatic N) is 6. The number of aryl methyl sites for hydroxylation is 2. The van der Waals surface area contributed by atoms with Crippen molar-refractivity contribution in [2.45, 2.75) is 13.8 Å². The lowest BCUT2D eigenvalue weighted by Gasteiger charge is -2.44. The molecule has 4 aliphatic heterocycles. The molecule has 0 aliphatic carbocycles. The fourth-order valence-electron chi connectivity index (χ4n) is 5.42. The molecule has 0 N–H and O–H groups in total. The van der Waals surface area contributed by atoms with Gasteiger partial charge in [0.25, 0.3) is 5.91 Å². The number of benzene rings is 1. The van der Waals surface area contributed by atoms with Gasteiger partial charge in [-0.25, -0.2) is 4.68 Å². The number of amides is 1. The first-order chi connectivity index (χ1) is 16.5. The zero-order valence-electron chi connectivity index (χ0n) is 19.9. The van der Waals surface area contributed by atoms with E-state index in [1.54, 1.807) is 0 Å². The third-order valence-electron chi connectivity index (χ3n) is 7.27. The van der Waals surface area contributed by atoms with E-state index < -0.39 is 0 Å². The van der Waals surface area contributed by atoms with Gasteiger partial charge in [0, 0.05) is 43.6 Å². The Hall–Kier alpha value is -2.81. The van der Waals surface area contributed by atoms with Gasteiger partial charge in [-0.2, -0.15) is 9.69 Å². The number of aromatic nitrogens is 2. The Morgan fingerprint density at radius 2 is 1.85 bits per heavy atom. The summed E-state index contributed by atoms with van der Waals surface area (Å²) in [5.41, 5.74) is 5.52. The summed E-state index contributed by atoms with van der Waals surface area (Å²) in [6, 6.07) is 10.7. The van der Waals surface area contributed by atoms with Crippen LogP contribution in [0.1, 0.15) is 11.3 Å². The minimum Gasteiger partial charge on any atom is -0.353 e. The first-order valence-electron chi connectivity index (χ1n) is 12.0. The second kappa shape index (κ2) is 8.45. The van der Waals surface area contributed by atoms with E-state index in [9.17, 15) is 4.79 Å². The zero-order valence-corrected chi connectivity index (χ0v) is 20.7. The van der Waals surface area contributed by atoms with Gasteiger partial charge < -0.3 is 9.80 Å². The highest BCUT2D eigenvalue weighted by Crippen LogP contribution is 2.38. The molecule has 6 rings (SSSR count). The minimum absolute atomic E-state index is 0.210. The van der Waals surface area contributed by atoms with Crippen LogP contribution in [0, 0.1) is 13.8 Å². The van der Waals surface area contributed by atoms with E-state index in [0.29, 0.717) is 4.59 Å². The summed E-state index contributed by atoms with van der Waals surface area (Å²) in [4.78, 5) is 17.5. The Kier molecular flexibility index (Phi) is 5.39. The van der Waals surface area contributed by atoms with Crippen molar-refractivity contribution in [1.82, 2.24) is 19.7 Å². The molecule has 0 spiro atoms. The second-order valence-electron chi connectivity index (χ2n) is 9.53. The lowest BCUT2D eigenvalue weighted by molar-refractivity contribution is -0.948. The van der Waals surface area contributed by atoms with Crippen molar-refractivity contribution in [3.63, 3.8) is 0 Å². The SMILES string of the molecule is Cc1ccc(-n2nc(C)cc2N2CCN([N@@+]34C=CC=C3C=C(C(=O)N3CCSC3)C4)CC2)cc1. The van der Waals surface area contributed by atoms with Crippen LogP contribution in [-0.2, 0) is 4.79 Å². The summed E-state index contributed by atoms with van der Waals surface area (Å²) in [6.45, 7) is 9.45. The maximum atomic E-state index is 13.1. The summed E-state index contributed by atoms with van der Waals surface area (Å²) < 4.78 is 2.73. The molecule has 5 heterocycles. The molecule has 1 atom stereocenters. The molecular formula is C26H31N6OS+. The van der Waals surface area contributed by atoms with Crippen molar-refractivity contribution >= 4 is 23.5 Å². The van der Waals surface area contributed by atoms with E-state index in [2.05, 4.69) is 83.2 Å². The smallest absolute Gasteiger partial charge is 0.256 e. The van der Waals surface area contributed by atoms with Crippen LogP contribution < -0.4 is 4.90 Å². The number of fused-ring (bicyclic) bond motifs is 1. The second-order valence-corrected chi connectivity index (χ2v) is 10.6. The predicted molar refractivity (Wildman–Crippen MR) is 136 cm³/mol. The first kappa shape index (κ1) is 21.7. The number of rotatable bonds is 4. The van der Waals surface area contributed by atoms with Crippen molar-refractivity contribution in [3.8, 4) is 5.69 Å². The van der Waals surface area contributed by atoms with Gasteiger partial charge in [-0.3, -0.25) is 4.79 Å². The number of thioether (sulfide) groups is 1. The van der Waals surface area contributed by atoms with Crippen molar-refractivity contribution < 1.29 is 9.39 Å². The average molecular weight is 476 g/mol. The third-order valence-corrected chi connectivity index (χ3v) is 8.24. The maximum absolute atomic E-state index is 13.1. The quantitative estimate of drug-likeness (QED) is 0.636. The van der Waals surface area contributed by atoms with Crippen molar-refractivity contribution in [3.05, 3.63) is 77.3 Å². The van der Waals surface area contributed by atoms with Gasteiger partial charge in [-0.05, 0) is 32.1 Å². The van der Waals surface area contributed by atoms with E-state index in [1.807, 2.05) is 16.7 Å². The van der Waals surface area contributed by atoms with Gasteiger partial charge in [0.15, 0.2) is 5.70 Å². The molecule has 7 nitrogen and oxygen atoms in total. The normalized spacial score (nSPS) is 24.5. The first-order valence-corrected chi connectivity index (χ1v) is 13.2.